The molecular weight excluding hydrogens is 418 g/mol. The Balaban J connectivity index is 0.00000109. The highest BCUT2D eigenvalue weighted by Gasteiger charge is 2.21. The number of unbranched alkanes of at least 4 members (excludes halogenated alkanes) is 12. The number of nitrogens with two attached hydrogens (primary N) is 1. The van der Waals surface area contributed by atoms with Crippen molar-refractivity contribution in [2.45, 2.75) is 103 Å². The molecule has 0 aromatic rings. The van der Waals surface area contributed by atoms with Crippen molar-refractivity contribution in [2.75, 3.05) is 26.2 Å². The van der Waals surface area contributed by atoms with Gasteiger partial charge in [-0.25, -0.2) is 9.59 Å². The average Bonchev–Trinajstić information content (AvgIpc) is 3.22. The van der Waals surface area contributed by atoms with Crippen LogP contribution in [0.2, 0.25) is 0 Å². The van der Waals surface area contributed by atoms with E-state index in [2.05, 4.69) is 29.3 Å². The van der Waals surface area contributed by atoms with Gasteiger partial charge in [0, 0.05) is 38.3 Å². The van der Waals surface area contributed by atoms with E-state index in [1.54, 1.807) is 0 Å². The number of allylic oxidation sites excluding steroid dienone is 1. The van der Waals surface area contributed by atoms with Crippen molar-refractivity contribution in [3.05, 3.63) is 24.3 Å². The van der Waals surface area contributed by atoms with Crippen LogP contribution in [0, 0.1) is 0 Å². The molecule has 0 bridgehead atoms. The lowest BCUT2D eigenvalue weighted by Crippen LogP contribution is -2.38. The quantitative estimate of drug-likeness (QED) is 0.121. The van der Waals surface area contributed by atoms with E-state index in [-0.39, 0.29) is 0 Å². The van der Waals surface area contributed by atoms with Crippen LogP contribution in [0.25, 0.3) is 0 Å². The fourth-order valence-corrected chi connectivity index (χ4v) is 3.91. The molecule has 33 heavy (non-hydrogen) atoms. The van der Waals surface area contributed by atoms with Crippen LogP contribution < -0.4 is 11.1 Å². The molecule has 0 spiro atoms. The second kappa shape index (κ2) is 23.5. The molecule has 1 atom stereocenters. The lowest BCUT2D eigenvalue weighted by molar-refractivity contribution is -0.134. The minimum atomic E-state index is -1.26. The summed E-state index contributed by atoms with van der Waals surface area (Å²) >= 11 is 0. The Hall–Kier alpha value is -1.70. The number of carboxylic acid groups (broad SMARTS) is 2. The number of nitrogens with zero attached hydrogens (tertiary/aromatic N) is 1. The molecular formula is C26H49N3O4. The summed E-state index contributed by atoms with van der Waals surface area (Å²) in [6.45, 7) is 6.33. The third-order valence-electron chi connectivity index (χ3n) is 5.75. The molecule has 7 heteroatoms. The molecule has 1 rings (SSSR count). The second-order valence-corrected chi connectivity index (χ2v) is 8.69. The minimum absolute atomic E-state index is 0.516. The zero-order valence-corrected chi connectivity index (χ0v) is 20.9. The highest BCUT2D eigenvalue weighted by Crippen LogP contribution is 2.13. The van der Waals surface area contributed by atoms with E-state index < -0.39 is 11.9 Å². The van der Waals surface area contributed by atoms with Crippen LogP contribution >= 0.6 is 0 Å². The van der Waals surface area contributed by atoms with Gasteiger partial charge < -0.3 is 21.3 Å². The lowest BCUT2D eigenvalue weighted by atomic mass is 10.0. The smallest absolute Gasteiger partial charge is 0.328 e. The first kappa shape index (κ1) is 31.3. The molecule has 0 radical (unpaired) electrons. The third kappa shape index (κ3) is 21.9. The Labute approximate surface area is 201 Å². The van der Waals surface area contributed by atoms with Crippen LogP contribution in [0.4, 0.5) is 0 Å². The van der Waals surface area contributed by atoms with Crippen LogP contribution in [0.15, 0.2) is 24.3 Å². The number of hydrogen-bond acceptors (Lipinski definition) is 5. The Morgan fingerprint density at radius 3 is 1.88 bits per heavy atom. The third-order valence-corrected chi connectivity index (χ3v) is 5.75. The maximum atomic E-state index is 9.55. The summed E-state index contributed by atoms with van der Waals surface area (Å²) in [5.74, 6) is -2.51. The molecule has 1 aliphatic heterocycles. The Kier molecular flexibility index (Phi) is 22.2. The summed E-state index contributed by atoms with van der Waals surface area (Å²) in [5, 5.41) is 19.2. The van der Waals surface area contributed by atoms with Gasteiger partial charge in [-0.3, -0.25) is 4.90 Å². The van der Waals surface area contributed by atoms with E-state index in [0.717, 1.165) is 32.6 Å². The number of carboxylic acids is 2. The Morgan fingerprint density at radius 2 is 1.39 bits per heavy atom. The van der Waals surface area contributed by atoms with Crippen molar-refractivity contribution >= 4 is 11.9 Å². The van der Waals surface area contributed by atoms with Crippen LogP contribution in [0.1, 0.15) is 96.8 Å². The molecule has 0 amide bonds. The molecule has 0 aromatic heterocycles. The Morgan fingerprint density at radius 1 is 0.879 bits per heavy atom. The van der Waals surface area contributed by atoms with Crippen LogP contribution in [0.5, 0.6) is 0 Å². The van der Waals surface area contributed by atoms with Gasteiger partial charge in [0.15, 0.2) is 0 Å². The number of aliphatic carboxylic acids is 2. The van der Waals surface area contributed by atoms with E-state index in [1.807, 2.05) is 0 Å². The Bertz CT molecular complexity index is 522. The first-order valence-electron chi connectivity index (χ1n) is 13.0. The van der Waals surface area contributed by atoms with E-state index in [0.29, 0.717) is 18.3 Å². The predicted molar refractivity (Wildman–Crippen MR) is 136 cm³/mol. The van der Waals surface area contributed by atoms with Crippen molar-refractivity contribution < 1.29 is 19.8 Å². The van der Waals surface area contributed by atoms with Crippen molar-refractivity contribution in [1.82, 2.24) is 10.2 Å². The highest BCUT2D eigenvalue weighted by molar-refractivity contribution is 5.89. The molecule has 1 heterocycles. The molecule has 5 N–H and O–H groups in total. The second-order valence-electron chi connectivity index (χ2n) is 8.69. The predicted octanol–water partition coefficient (Wildman–Crippen LogP) is 4.93. The van der Waals surface area contributed by atoms with Gasteiger partial charge in [0.1, 0.15) is 0 Å². The van der Waals surface area contributed by atoms with Crippen molar-refractivity contribution in [2.24, 2.45) is 5.73 Å². The molecule has 1 fully saturated rings. The van der Waals surface area contributed by atoms with Gasteiger partial charge in [-0.15, -0.1) is 0 Å². The van der Waals surface area contributed by atoms with Crippen molar-refractivity contribution in [3.8, 4) is 0 Å². The van der Waals surface area contributed by atoms with E-state index in [1.165, 1.54) is 83.5 Å². The molecule has 0 aliphatic carbocycles. The van der Waals surface area contributed by atoms with E-state index in [4.69, 9.17) is 15.9 Å². The number of nitrogens with one attached hydrogen (secondary N) is 1. The summed E-state index contributed by atoms with van der Waals surface area (Å²) in [7, 11) is 0. The normalized spacial score (nSPS) is 16.4. The molecule has 1 unspecified atom stereocenters. The van der Waals surface area contributed by atoms with Gasteiger partial charge in [0.05, 0.1) is 6.17 Å². The van der Waals surface area contributed by atoms with Gasteiger partial charge in [0.2, 0.25) is 0 Å². The highest BCUT2D eigenvalue weighted by atomic mass is 16.4. The van der Waals surface area contributed by atoms with Crippen LogP contribution in [-0.2, 0) is 9.59 Å². The number of carbonyl (C=O) groups is 2. The summed E-state index contributed by atoms with van der Waals surface area (Å²) < 4.78 is 0. The average molecular weight is 468 g/mol. The first-order valence-corrected chi connectivity index (χ1v) is 13.0. The largest absolute Gasteiger partial charge is 0.478 e. The standard InChI is InChI=1S/C22H45N3.C4H4O4/c1-2-3-4-5-6-7-8-9-10-11-12-13-14-15-16-17-22-24-19-21-25(22)20-18-23;5-3(6)1-2-4(7)8/h15-16,22,24H,2-14,17-21,23H2,1H3;1-2H,(H,5,6)(H,7,8)/b;2-1-. The SMILES string of the molecule is CCCCCCCCCCCCCCC=CCC1NCCN1CCN.O=C(O)/C=C\C(=O)O. The summed E-state index contributed by atoms with van der Waals surface area (Å²) in [6.07, 6.45) is 25.9. The molecule has 192 valence electrons. The molecule has 7 nitrogen and oxygen atoms in total. The van der Waals surface area contributed by atoms with E-state index >= 15 is 0 Å². The first-order chi connectivity index (χ1) is 16.0. The van der Waals surface area contributed by atoms with Gasteiger partial charge >= 0.3 is 11.9 Å². The topological polar surface area (TPSA) is 116 Å². The van der Waals surface area contributed by atoms with Gasteiger partial charge in [-0.2, -0.15) is 0 Å². The van der Waals surface area contributed by atoms with Gasteiger partial charge in [0.25, 0.3) is 0 Å². The summed E-state index contributed by atoms with van der Waals surface area (Å²) in [4.78, 5) is 21.6. The lowest BCUT2D eigenvalue weighted by Gasteiger charge is -2.21. The fraction of sp³-hybridized carbons (Fsp3) is 0.769. The van der Waals surface area contributed by atoms with Crippen molar-refractivity contribution in [3.63, 3.8) is 0 Å². The van der Waals surface area contributed by atoms with Gasteiger partial charge in [-0.1, -0.05) is 89.7 Å². The molecule has 1 aliphatic rings. The number of rotatable bonds is 19. The van der Waals surface area contributed by atoms with Crippen molar-refractivity contribution in [1.29, 1.82) is 0 Å². The minimum Gasteiger partial charge on any atom is -0.478 e. The maximum Gasteiger partial charge on any atom is 0.328 e. The monoisotopic (exact) mass is 467 g/mol. The van der Waals surface area contributed by atoms with E-state index in [9.17, 15) is 9.59 Å². The molecule has 0 saturated carbocycles. The van der Waals surface area contributed by atoms with Crippen LogP contribution in [0.3, 0.4) is 0 Å². The summed E-state index contributed by atoms with van der Waals surface area (Å²) in [5.41, 5.74) is 5.67. The van der Waals surface area contributed by atoms with Gasteiger partial charge in [-0.05, 0) is 19.3 Å². The fourth-order valence-electron chi connectivity index (χ4n) is 3.91. The maximum absolute atomic E-state index is 9.55. The molecule has 0 aromatic carbocycles. The number of hydrogen-bond donors (Lipinski definition) is 4. The zero-order chi connectivity index (χ0) is 24.6. The summed E-state index contributed by atoms with van der Waals surface area (Å²) in [6, 6.07) is 0. The molecule has 1 saturated heterocycles. The zero-order valence-electron chi connectivity index (χ0n) is 20.9. The van der Waals surface area contributed by atoms with Crippen LogP contribution in [-0.4, -0.2) is 59.4 Å².